The van der Waals surface area contributed by atoms with Gasteiger partial charge in [0.15, 0.2) is 0 Å². The van der Waals surface area contributed by atoms with Gasteiger partial charge >= 0.3 is 0 Å². The minimum absolute atomic E-state index is 0.454. The van der Waals surface area contributed by atoms with Gasteiger partial charge in [0.2, 0.25) is 0 Å². The van der Waals surface area contributed by atoms with E-state index in [1.807, 2.05) is 31.3 Å². The van der Waals surface area contributed by atoms with Crippen LogP contribution >= 0.6 is 11.6 Å². The standard InChI is InChI=1S/C12H14ClN3O/c1-16-11(4-6-15-16)10-8-9(14)2-3-12(10)17-7-5-13/h2-4,6,8H,5,7,14H2,1H3. The number of aromatic nitrogens is 2. The van der Waals surface area contributed by atoms with Crippen molar-refractivity contribution in [2.24, 2.45) is 7.05 Å². The highest BCUT2D eigenvalue weighted by molar-refractivity contribution is 6.18. The zero-order valence-corrected chi connectivity index (χ0v) is 10.3. The maximum Gasteiger partial charge on any atom is 0.128 e. The van der Waals surface area contributed by atoms with Gasteiger partial charge in [0.25, 0.3) is 0 Å². The Labute approximate surface area is 105 Å². The van der Waals surface area contributed by atoms with Crippen LogP contribution in [0.4, 0.5) is 5.69 Å². The smallest absolute Gasteiger partial charge is 0.128 e. The van der Waals surface area contributed by atoms with Crippen LogP contribution in [-0.2, 0) is 7.05 Å². The summed E-state index contributed by atoms with van der Waals surface area (Å²) >= 11 is 5.62. The Morgan fingerprint density at radius 3 is 2.88 bits per heavy atom. The van der Waals surface area contributed by atoms with Crippen molar-refractivity contribution in [3.8, 4) is 17.0 Å². The number of rotatable bonds is 4. The third kappa shape index (κ3) is 2.53. The minimum atomic E-state index is 0.454. The van der Waals surface area contributed by atoms with Crippen molar-refractivity contribution in [1.82, 2.24) is 9.78 Å². The van der Waals surface area contributed by atoms with Crippen LogP contribution in [0.5, 0.6) is 5.75 Å². The van der Waals surface area contributed by atoms with Gasteiger partial charge in [0, 0.05) is 24.5 Å². The molecule has 0 aliphatic rings. The molecule has 2 aromatic rings. The summed E-state index contributed by atoms with van der Waals surface area (Å²) in [5.74, 6) is 1.22. The number of benzene rings is 1. The van der Waals surface area contributed by atoms with E-state index >= 15 is 0 Å². The predicted molar refractivity (Wildman–Crippen MR) is 69.3 cm³/mol. The summed E-state index contributed by atoms with van der Waals surface area (Å²) in [5, 5.41) is 4.14. The fourth-order valence-corrected chi connectivity index (χ4v) is 1.74. The van der Waals surface area contributed by atoms with Crippen LogP contribution in [0.1, 0.15) is 0 Å². The van der Waals surface area contributed by atoms with Crippen LogP contribution in [0, 0.1) is 0 Å². The van der Waals surface area contributed by atoms with E-state index in [0.29, 0.717) is 18.2 Å². The molecule has 2 N–H and O–H groups in total. The van der Waals surface area contributed by atoms with Crippen molar-refractivity contribution in [3.63, 3.8) is 0 Å². The van der Waals surface area contributed by atoms with E-state index in [2.05, 4.69) is 5.10 Å². The van der Waals surface area contributed by atoms with Crippen LogP contribution in [-0.4, -0.2) is 22.3 Å². The quantitative estimate of drug-likeness (QED) is 0.670. The van der Waals surface area contributed by atoms with Gasteiger partial charge in [-0.3, -0.25) is 4.68 Å². The van der Waals surface area contributed by atoms with Crippen molar-refractivity contribution >= 4 is 17.3 Å². The Bertz CT molecular complexity index is 510. The summed E-state index contributed by atoms with van der Waals surface area (Å²) in [5.41, 5.74) is 8.38. The first-order chi connectivity index (χ1) is 8.22. The molecule has 4 nitrogen and oxygen atoms in total. The number of nitrogens with two attached hydrogens (primary N) is 1. The Balaban J connectivity index is 2.43. The molecule has 5 heteroatoms. The first-order valence-corrected chi connectivity index (χ1v) is 5.82. The van der Waals surface area contributed by atoms with Gasteiger partial charge in [-0.15, -0.1) is 11.6 Å². The Kier molecular flexibility index (Phi) is 3.54. The van der Waals surface area contributed by atoms with Crippen LogP contribution in [0.3, 0.4) is 0 Å². The summed E-state index contributed by atoms with van der Waals surface area (Å²) in [6.07, 6.45) is 1.74. The van der Waals surface area contributed by atoms with E-state index in [0.717, 1.165) is 17.0 Å². The summed E-state index contributed by atoms with van der Waals surface area (Å²) in [6.45, 7) is 0.469. The Hall–Kier alpha value is -1.68. The van der Waals surface area contributed by atoms with E-state index < -0.39 is 0 Å². The molecule has 0 unspecified atom stereocenters. The van der Waals surface area contributed by atoms with Gasteiger partial charge in [-0.25, -0.2) is 0 Å². The molecule has 1 aromatic heterocycles. The van der Waals surface area contributed by atoms with Gasteiger partial charge in [-0.1, -0.05) is 0 Å². The molecule has 0 aliphatic carbocycles. The van der Waals surface area contributed by atoms with E-state index in [1.165, 1.54) is 0 Å². The molecule has 0 saturated heterocycles. The zero-order chi connectivity index (χ0) is 12.3. The van der Waals surface area contributed by atoms with Crippen molar-refractivity contribution in [3.05, 3.63) is 30.5 Å². The Morgan fingerprint density at radius 2 is 2.24 bits per heavy atom. The molecule has 0 radical (unpaired) electrons. The van der Waals surface area contributed by atoms with Gasteiger partial charge < -0.3 is 10.5 Å². The molecule has 17 heavy (non-hydrogen) atoms. The molecule has 0 fully saturated rings. The van der Waals surface area contributed by atoms with Crippen molar-refractivity contribution < 1.29 is 4.74 Å². The molecule has 90 valence electrons. The number of halogens is 1. The van der Waals surface area contributed by atoms with Crippen molar-refractivity contribution in [2.75, 3.05) is 18.2 Å². The summed E-state index contributed by atoms with van der Waals surface area (Å²) in [4.78, 5) is 0. The molecular weight excluding hydrogens is 238 g/mol. The summed E-state index contributed by atoms with van der Waals surface area (Å²) in [6, 6.07) is 7.45. The monoisotopic (exact) mass is 251 g/mol. The summed E-state index contributed by atoms with van der Waals surface area (Å²) in [7, 11) is 1.88. The molecule has 0 aliphatic heterocycles. The van der Waals surface area contributed by atoms with Crippen LogP contribution in [0.15, 0.2) is 30.5 Å². The lowest BCUT2D eigenvalue weighted by atomic mass is 10.1. The highest BCUT2D eigenvalue weighted by Crippen LogP contribution is 2.31. The van der Waals surface area contributed by atoms with E-state index in [1.54, 1.807) is 10.9 Å². The minimum Gasteiger partial charge on any atom is -0.492 e. The van der Waals surface area contributed by atoms with Crippen LogP contribution in [0.2, 0.25) is 0 Å². The lowest BCUT2D eigenvalue weighted by Crippen LogP contribution is -2.02. The lowest BCUT2D eigenvalue weighted by Gasteiger charge is -2.11. The lowest BCUT2D eigenvalue weighted by molar-refractivity contribution is 0.344. The van der Waals surface area contributed by atoms with Crippen molar-refractivity contribution in [1.29, 1.82) is 0 Å². The maximum atomic E-state index is 5.80. The maximum absolute atomic E-state index is 5.80. The molecule has 1 aromatic carbocycles. The van der Waals surface area contributed by atoms with Crippen molar-refractivity contribution in [2.45, 2.75) is 0 Å². The number of ether oxygens (including phenoxy) is 1. The number of anilines is 1. The SMILES string of the molecule is Cn1nccc1-c1cc(N)ccc1OCCCl. The van der Waals surface area contributed by atoms with Gasteiger partial charge in [0.1, 0.15) is 12.4 Å². The predicted octanol–water partition coefficient (Wildman–Crippen LogP) is 2.29. The highest BCUT2D eigenvalue weighted by Gasteiger charge is 2.10. The van der Waals surface area contributed by atoms with Gasteiger partial charge in [-0.2, -0.15) is 5.10 Å². The van der Waals surface area contributed by atoms with Crippen LogP contribution < -0.4 is 10.5 Å². The Morgan fingerprint density at radius 1 is 1.41 bits per heavy atom. The molecule has 0 amide bonds. The number of nitrogen functional groups attached to an aromatic ring is 1. The number of alkyl halides is 1. The number of hydrogen-bond donors (Lipinski definition) is 1. The molecule has 0 saturated carbocycles. The van der Waals surface area contributed by atoms with Gasteiger partial charge in [-0.05, 0) is 24.3 Å². The fourth-order valence-electron chi connectivity index (χ4n) is 1.66. The molecular formula is C12H14ClN3O. The third-order valence-corrected chi connectivity index (χ3v) is 2.59. The van der Waals surface area contributed by atoms with E-state index in [4.69, 9.17) is 22.1 Å². The molecule has 1 heterocycles. The number of aryl methyl sites for hydroxylation is 1. The molecule has 0 atom stereocenters. The van der Waals surface area contributed by atoms with Gasteiger partial charge in [0.05, 0.1) is 11.6 Å². The third-order valence-electron chi connectivity index (χ3n) is 2.44. The first kappa shape index (κ1) is 11.8. The fraction of sp³-hybridized carbons (Fsp3) is 0.250. The largest absolute Gasteiger partial charge is 0.492 e. The molecule has 0 bridgehead atoms. The number of nitrogens with zero attached hydrogens (tertiary/aromatic N) is 2. The number of hydrogen-bond acceptors (Lipinski definition) is 3. The topological polar surface area (TPSA) is 53.1 Å². The first-order valence-electron chi connectivity index (χ1n) is 5.29. The second kappa shape index (κ2) is 5.10. The van der Waals surface area contributed by atoms with E-state index in [9.17, 15) is 0 Å². The van der Waals surface area contributed by atoms with E-state index in [-0.39, 0.29) is 0 Å². The molecule has 0 spiro atoms. The normalized spacial score (nSPS) is 10.5. The average molecular weight is 252 g/mol. The highest BCUT2D eigenvalue weighted by atomic mass is 35.5. The average Bonchev–Trinajstić information content (AvgIpc) is 2.74. The molecule has 2 rings (SSSR count). The van der Waals surface area contributed by atoms with Crippen LogP contribution in [0.25, 0.3) is 11.3 Å². The zero-order valence-electron chi connectivity index (χ0n) is 9.56. The summed E-state index contributed by atoms with van der Waals surface area (Å²) < 4.78 is 7.37. The second-order valence-corrected chi connectivity index (χ2v) is 4.01. The second-order valence-electron chi connectivity index (χ2n) is 3.63.